The van der Waals surface area contributed by atoms with Gasteiger partial charge in [0.25, 0.3) is 5.91 Å². The van der Waals surface area contributed by atoms with Gasteiger partial charge in [0.15, 0.2) is 6.61 Å². The van der Waals surface area contributed by atoms with Gasteiger partial charge in [-0.15, -0.1) is 0 Å². The Balaban J connectivity index is 2.35. The van der Waals surface area contributed by atoms with Crippen LogP contribution in [-0.2, 0) is 9.53 Å². The Morgan fingerprint density at radius 2 is 2.00 bits per heavy atom. The highest BCUT2D eigenvalue weighted by Crippen LogP contribution is 2.28. The van der Waals surface area contributed by atoms with Crippen molar-refractivity contribution in [1.29, 1.82) is 0 Å². The van der Waals surface area contributed by atoms with Crippen molar-refractivity contribution < 1.29 is 19.1 Å². The molecule has 1 N–H and O–H groups in total. The van der Waals surface area contributed by atoms with Crippen LogP contribution in [0.2, 0.25) is 0 Å². The topological polar surface area (TPSA) is 77.5 Å². The maximum absolute atomic E-state index is 12.1. The molecule has 0 fully saturated rings. The number of rotatable bonds is 6. The first-order valence-electron chi connectivity index (χ1n) is 7.50. The van der Waals surface area contributed by atoms with Gasteiger partial charge in [0.1, 0.15) is 11.3 Å². The van der Waals surface area contributed by atoms with Gasteiger partial charge >= 0.3 is 5.97 Å². The molecule has 2 rings (SSSR count). The number of nitrogens with zero attached hydrogens (tertiary/aromatic N) is 1. The molecule has 0 radical (unpaired) electrons. The molecule has 122 valence electrons. The number of nitrogens with one attached hydrogen (secondary N) is 1. The molecule has 0 saturated heterocycles. The second kappa shape index (κ2) is 7.58. The molecule has 6 nitrogen and oxygen atoms in total. The number of carbonyl (C=O) groups excluding carboxylic acids is 2. The molecular formula is C17H20N2O4. The number of hydrogen-bond acceptors (Lipinski definition) is 5. The fourth-order valence-electron chi connectivity index (χ4n) is 2.13. The quantitative estimate of drug-likeness (QED) is 0.828. The molecule has 0 aliphatic rings. The van der Waals surface area contributed by atoms with Gasteiger partial charge in [-0.1, -0.05) is 12.1 Å². The number of hydrogen-bond donors (Lipinski definition) is 1. The maximum Gasteiger partial charge on any atom is 0.343 e. The largest absolute Gasteiger partial charge is 0.482 e. The lowest BCUT2D eigenvalue weighted by Gasteiger charge is -2.14. The lowest BCUT2D eigenvalue weighted by atomic mass is 10.1. The van der Waals surface area contributed by atoms with Crippen molar-refractivity contribution >= 4 is 22.8 Å². The van der Waals surface area contributed by atoms with E-state index in [1.54, 1.807) is 13.0 Å². The van der Waals surface area contributed by atoms with Gasteiger partial charge in [-0.3, -0.25) is 9.78 Å². The fraction of sp³-hybridized carbons (Fsp3) is 0.353. The number of amides is 1. The molecular weight excluding hydrogens is 296 g/mol. The van der Waals surface area contributed by atoms with Crippen molar-refractivity contribution in [3.63, 3.8) is 0 Å². The van der Waals surface area contributed by atoms with Crippen LogP contribution >= 0.6 is 0 Å². The first-order valence-corrected chi connectivity index (χ1v) is 7.50. The molecule has 0 unspecified atom stereocenters. The van der Waals surface area contributed by atoms with Crippen LogP contribution in [0.5, 0.6) is 5.75 Å². The molecule has 0 saturated carbocycles. The summed E-state index contributed by atoms with van der Waals surface area (Å²) in [6.45, 7) is 5.52. The number of fused-ring (bicyclic) bond motifs is 1. The zero-order valence-corrected chi connectivity index (χ0v) is 13.5. The monoisotopic (exact) mass is 316 g/mol. The third-order valence-corrected chi connectivity index (χ3v) is 3.02. The van der Waals surface area contributed by atoms with E-state index in [0.717, 1.165) is 0 Å². The molecule has 0 aliphatic heterocycles. The number of carbonyl (C=O) groups is 2. The van der Waals surface area contributed by atoms with Gasteiger partial charge in [-0.25, -0.2) is 4.79 Å². The van der Waals surface area contributed by atoms with E-state index >= 15 is 0 Å². The van der Waals surface area contributed by atoms with Crippen LogP contribution in [0.4, 0.5) is 0 Å². The van der Waals surface area contributed by atoms with E-state index in [0.29, 0.717) is 16.7 Å². The molecule has 23 heavy (non-hydrogen) atoms. The van der Waals surface area contributed by atoms with Crippen LogP contribution < -0.4 is 10.1 Å². The summed E-state index contributed by atoms with van der Waals surface area (Å²) >= 11 is 0. The van der Waals surface area contributed by atoms with Gasteiger partial charge in [0.2, 0.25) is 0 Å². The number of ether oxygens (including phenoxy) is 2. The molecule has 1 amide bonds. The predicted molar refractivity (Wildman–Crippen MR) is 86.5 cm³/mol. The Kier molecular flexibility index (Phi) is 5.51. The summed E-state index contributed by atoms with van der Waals surface area (Å²) in [5.74, 6) is -0.464. The number of esters is 1. The average Bonchev–Trinajstić information content (AvgIpc) is 2.52. The summed E-state index contributed by atoms with van der Waals surface area (Å²) in [5, 5.41) is 3.40. The maximum atomic E-state index is 12.1. The van der Waals surface area contributed by atoms with Gasteiger partial charge in [-0.05, 0) is 32.9 Å². The number of aromatic nitrogens is 1. The predicted octanol–water partition coefficient (Wildman–Crippen LogP) is 2.31. The standard InChI is InChI=1S/C17H20N2O4/c1-4-22-17(21)13-9-18-14-8-6-5-7-12(14)16(13)23-10-15(20)19-11(2)3/h5-9,11H,4,10H2,1-3H3,(H,19,20). The molecule has 1 heterocycles. The summed E-state index contributed by atoms with van der Waals surface area (Å²) < 4.78 is 10.7. The Morgan fingerprint density at radius 3 is 2.70 bits per heavy atom. The fourth-order valence-corrected chi connectivity index (χ4v) is 2.13. The third-order valence-electron chi connectivity index (χ3n) is 3.02. The molecule has 0 atom stereocenters. The van der Waals surface area contributed by atoms with Crippen molar-refractivity contribution in [3.8, 4) is 5.75 Å². The Labute approximate surface area is 134 Å². The van der Waals surface area contributed by atoms with Crippen molar-refractivity contribution in [2.45, 2.75) is 26.8 Å². The van der Waals surface area contributed by atoms with E-state index in [1.807, 2.05) is 32.0 Å². The van der Waals surface area contributed by atoms with Crippen LogP contribution in [-0.4, -0.2) is 36.1 Å². The minimum absolute atomic E-state index is 0.0183. The van der Waals surface area contributed by atoms with E-state index in [4.69, 9.17) is 9.47 Å². The number of pyridine rings is 1. The zero-order valence-electron chi connectivity index (χ0n) is 13.5. The van der Waals surface area contributed by atoms with Crippen LogP contribution in [0.1, 0.15) is 31.1 Å². The van der Waals surface area contributed by atoms with Crippen LogP contribution in [0, 0.1) is 0 Å². The zero-order chi connectivity index (χ0) is 16.8. The second-order valence-electron chi connectivity index (χ2n) is 5.25. The highest BCUT2D eigenvalue weighted by Gasteiger charge is 2.19. The van der Waals surface area contributed by atoms with Crippen molar-refractivity contribution in [2.24, 2.45) is 0 Å². The minimum Gasteiger partial charge on any atom is -0.482 e. The Bertz CT molecular complexity index is 713. The van der Waals surface area contributed by atoms with Gasteiger partial charge in [-0.2, -0.15) is 0 Å². The van der Waals surface area contributed by atoms with Gasteiger partial charge in [0.05, 0.1) is 12.1 Å². The van der Waals surface area contributed by atoms with Crippen LogP contribution in [0.3, 0.4) is 0 Å². The minimum atomic E-state index is -0.523. The second-order valence-corrected chi connectivity index (χ2v) is 5.25. The van der Waals surface area contributed by atoms with E-state index in [2.05, 4.69) is 10.3 Å². The van der Waals surface area contributed by atoms with E-state index in [1.165, 1.54) is 6.20 Å². The van der Waals surface area contributed by atoms with Crippen LogP contribution in [0.25, 0.3) is 10.9 Å². The third kappa shape index (κ3) is 4.18. The summed E-state index contributed by atoms with van der Waals surface area (Å²) in [6.07, 6.45) is 1.41. The van der Waals surface area contributed by atoms with Crippen molar-refractivity contribution in [3.05, 3.63) is 36.0 Å². The van der Waals surface area contributed by atoms with Crippen molar-refractivity contribution in [2.75, 3.05) is 13.2 Å². The molecule has 2 aromatic rings. The average molecular weight is 316 g/mol. The molecule has 0 bridgehead atoms. The van der Waals surface area contributed by atoms with Gasteiger partial charge < -0.3 is 14.8 Å². The highest BCUT2D eigenvalue weighted by molar-refractivity contribution is 5.99. The van der Waals surface area contributed by atoms with E-state index in [-0.39, 0.29) is 30.7 Å². The first kappa shape index (κ1) is 16.7. The molecule has 6 heteroatoms. The normalized spacial score (nSPS) is 10.6. The Hall–Kier alpha value is -2.63. The SMILES string of the molecule is CCOC(=O)c1cnc2ccccc2c1OCC(=O)NC(C)C. The van der Waals surface area contributed by atoms with Crippen molar-refractivity contribution in [1.82, 2.24) is 10.3 Å². The molecule has 1 aromatic carbocycles. The number of benzene rings is 1. The molecule has 1 aromatic heterocycles. The summed E-state index contributed by atoms with van der Waals surface area (Å²) in [5.41, 5.74) is 0.891. The summed E-state index contributed by atoms with van der Waals surface area (Å²) in [6, 6.07) is 7.28. The Morgan fingerprint density at radius 1 is 1.26 bits per heavy atom. The lowest BCUT2D eigenvalue weighted by molar-refractivity contribution is -0.123. The lowest BCUT2D eigenvalue weighted by Crippen LogP contribution is -2.34. The van der Waals surface area contributed by atoms with Gasteiger partial charge in [0, 0.05) is 17.6 Å². The molecule has 0 aliphatic carbocycles. The van der Waals surface area contributed by atoms with E-state index < -0.39 is 5.97 Å². The molecule has 0 spiro atoms. The summed E-state index contributed by atoms with van der Waals surface area (Å²) in [4.78, 5) is 28.1. The summed E-state index contributed by atoms with van der Waals surface area (Å²) in [7, 11) is 0. The smallest absolute Gasteiger partial charge is 0.343 e. The van der Waals surface area contributed by atoms with E-state index in [9.17, 15) is 9.59 Å². The number of para-hydroxylation sites is 1. The van der Waals surface area contributed by atoms with Crippen LogP contribution in [0.15, 0.2) is 30.5 Å². The first-order chi connectivity index (χ1) is 11.0. The highest BCUT2D eigenvalue weighted by atomic mass is 16.5.